The van der Waals surface area contributed by atoms with Crippen LogP contribution in [0.2, 0.25) is 0 Å². The number of allylic oxidation sites excluding steroid dienone is 4. The molecule has 0 saturated carbocycles. The molecule has 0 heterocycles. The number of halogens is 1. The first kappa shape index (κ1) is 8.43. The Hall–Kier alpha value is -0.670. The SMILES string of the molecule is O=S=C1C=CC(C(=O)Cl)=CC1. The van der Waals surface area contributed by atoms with E-state index in [4.69, 9.17) is 11.6 Å². The smallest absolute Gasteiger partial charge is 0.252 e. The van der Waals surface area contributed by atoms with E-state index in [0.717, 1.165) is 0 Å². The van der Waals surface area contributed by atoms with Crippen molar-refractivity contribution in [3.8, 4) is 0 Å². The molecule has 0 aromatic heterocycles. The van der Waals surface area contributed by atoms with Gasteiger partial charge in [-0.3, -0.25) is 4.79 Å². The van der Waals surface area contributed by atoms with Gasteiger partial charge in [0.05, 0.1) is 11.3 Å². The predicted octanol–water partition coefficient (Wildman–Crippen LogP) is 1.02. The predicted molar refractivity (Wildman–Crippen MR) is 45.8 cm³/mol. The Balaban J connectivity index is 2.83. The van der Waals surface area contributed by atoms with Crippen molar-refractivity contribution < 1.29 is 9.00 Å². The van der Waals surface area contributed by atoms with E-state index in [1.807, 2.05) is 0 Å². The second kappa shape index (κ2) is 3.64. The first-order chi connectivity index (χ1) is 5.24. The summed E-state index contributed by atoms with van der Waals surface area (Å²) in [6.07, 6.45) is 5.33. The molecule has 0 aliphatic heterocycles. The van der Waals surface area contributed by atoms with Gasteiger partial charge in [-0.1, -0.05) is 6.08 Å². The number of carbonyl (C=O) groups is 1. The lowest BCUT2D eigenvalue weighted by Crippen LogP contribution is -2.00. The molecule has 1 aliphatic carbocycles. The van der Waals surface area contributed by atoms with E-state index >= 15 is 0 Å². The zero-order valence-corrected chi connectivity index (χ0v) is 7.11. The normalized spacial score (nSPS) is 16.1. The van der Waals surface area contributed by atoms with Gasteiger partial charge in [-0.05, 0) is 23.8 Å². The molecule has 0 unspecified atom stereocenters. The molecule has 2 nitrogen and oxygen atoms in total. The van der Waals surface area contributed by atoms with Gasteiger partial charge >= 0.3 is 0 Å². The summed E-state index contributed by atoms with van der Waals surface area (Å²) < 4.78 is 10.2. The van der Waals surface area contributed by atoms with Gasteiger partial charge in [0.15, 0.2) is 0 Å². The molecule has 1 rings (SSSR count). The van der Waals surface area contributed by atoms with E-state index in [1.54, 1.807) is 18.2 Å². The van der Waals surface area contributed by atoms with Gasteiger partial charge in [0.2, 0.25) is 0 Å². The molecule has 4 heteroatoms. The molecule has 0 aromatic rings. The standard InChI is InChI=1S/C7H5ClO2S/c8-7(9)5-1-3-6(11-10)4-2-5/h1-3H,4H2. The van der Waals surface area contributed by atoms with Crippen LogP contribution in [0, 0.1) is 0 Å². The van der Waals surface area contributed by atoms with Crippen LogP contribution in [0.1, 0.15) is 6.42 Å². The minimum absolute atomic E-state index is 0.440. The molecule has 0 fully saturated rings. The molecule has 1 aliphatic rings. The molecular weight excluding hydrogens is 184 g/mol. The lowest BCUT2D eigenvalue weighted by Gasteiger charge is -2.00. The molecule has 0 amide bonds. The molecule has 0 atom stereocenters. The lowest BCUT2D eigenvalue weighted by molar-refractivity contribution is -0.108. The Bertz CT molecular complexity index is 298. The van der Waals surface area contributed by atoms with Crippen LogP contribution in [0.15, 0.2) is 23.8 Å². The monoisotopic (exact) mass is 188 g/mol. The van der Waals surface area contributed by atoms with E-state index in [9.17, 15) is 9.00 Å². The van der Waals surface area contributed by atoms with Crippen molar-refractivity contribution in [2.24, 2.45) is 0 Å². The number of carbonyl (C=O) groups excluding carboxylic acids is 1. The van der Waals surface area contributed by atoms with Crippen molar-refractivity contribution in [1.82, 2.24) is 0 Å². The quantitative estimate of drug-likeness (QED) is 0.455. The molecule has 11 heavy (non-hydrogen) atoms. The van der Waals surface area contributed by atoms with Crippen LogP contribution in [-0.4, -0.2) is 14.3 Å². The van der Waals surface area contributed by atoms with E-state index in [1.165, 1.54) is 0 Å². The highest BCUT2D eigenvalue weighted by Gasteiger charge is 2.06. The molecule has 0 N–H and O–H groups in total. The van der Waals surface area contributed by atoms with Crippen molar-refractivity contribution >= 4 is 33.0 Å². The Kier molecular flexibility index (Phi) is 2.79. The van der Waals surface area contributed by atoms with Gasteiger partial charge in [0.25, 0.3) is 5.24 Å². The van der Waals surface area contributed by atoms with Gasteiger partial charge in [0.1, 0.15) is 0 Å². The summed E-state index contributed by atoms with van der Waals surface area (Å²) in [5, 5.41) is -0.476. The molecule has 58 valence electrons. The third-order valence-electron chi connectivity index (χ3n) is 1.31. The Labute approximate surface area is 72.6 Å². The number of rotatable bonds is 1. The van der Waals surface area contributed by atoms with Crippen molar-refractivity contribution in [3.05, 3.63) is 23.8 Å². The highest BCUT2D eigenvalue weighted by molar-refractivity contribution is 7.66. The lowest BCUT2D eigenvalue weighted by atomic mass is 10.1. The number of hydrogen-bond acceptors (Lipinski definition) is 2. The third kappa shape index (κ3) is 2.13. The maximum absolute atomic E-state index is 10.5. The number of hydrogen-bond donors (Lipinski definition) is 0. The average molecular weight is 189 g/mol. The van der Waals surface area contributed by atoms with Crippen molar-refractivity contribution in [2.75, 3.05) is 0 Å². The van der Waals surface area contributed by atoms with Gasteiger partial charge in [-0.2, -0.15) is 0 Å². The van der Waals surface area contributed by atoms with Crippen molar-refractivity contribution in [2.45, 2.75) is 6.42 Å². The van der Waals surface area contributed by atoms with Crippen LogP contribution >= 0.6 is 11.6 Å². The molecular formula is C7H5ClO2S. The van der Waals surface area contributed by atoms with Gasteiger partial charge < -0.3 is 0 Å². The van der Waals surface area contributed by atoms with Crippen molar-refractivity contribution in [1.29, 1.82) is 0 Å². The first-order valence-electron chi connectivity index (χ1n) is 2.98. The summed E-state index contributed by atoms with van der Waals surface area (Å²) in [5.74, 6) is 0. The van der Waals surface area contributed by atoms with Crippen LogP contribution in [0.4, 0.5) is 0 Å². The Morgan fingerprint density at radius 1 is 1.55 bits per heavy atom. The largest absolute Gasteiger partial charge is 0.276 e. The summed E-state index contributed by atoms with van der Waals surface area (Å²) in [6.45, 7) is 0. The summed E-state index contributed by atoms with van der Waals surface area (Å²) in [4.78, 5) is 11.2. The van der Waals surface area contributed by atoms with E-state index in [0.29, 0.717) is 28.1 Å². The molecule has 0 bridgehead atoms. The molecule has 0 radical (unpaired) electrons. The topological polar surface area (TPSA) is 34.1 Å². The summed E-state index contributed by atoms with van der Waals surface area (Å²) >= 11 is 5.64. The van der Waals surface area contributed by atoms with Gasteiger partial charge in [0, 0.05) is 16.9 Å². The zero-order chi connectivity index (χ0) is 8.27. The van der Waals surface area contributed by atoms with Crippen LogP contribution in [0.25, 0.3) is 0 Å². The highest BCUT2D eigenvalue weighted by atomic mass is 35.5. The Morgan fingerprint density at radius 3 is 2.64 bits per heavy atom. The maximum Gasteiger partial charge on any atom is 0.252 e. The van der Waals surface area contributed by atoms with Gasteiger partial charge in [-0.15, -0.1) is 0 Å². The second-order valence-corrected chi connectivity index (χ2v) is 3.05. The zero-order valence-electron chi connectivity index (χ0n) is 5.54. The van der Waals surface area contributed by atoms with Crippen LogP contribution in [-0.2, 0) is 16.1 Å². The fourth-order valence-corrected chi connectivity index (χ4v) is 1.15. The third-order valence-corrected chi connectivity index (χ3v) is 2.04. The molecule has 0 aromatic carbocycles. The van der Waals surface area contributed by atoms with E-state index < -0.39 is 5.24 Å². The van der Waals surface area contributed by atoms with Gasteiger partial charge in [-0.25, -0.2) is 4.21 Å². The summed E-state index contributed by atoms with van der Waals surface area (Å²) in [7, 11) is 0. The minimum atomic E-state index is -0.476. The highest BCUT2D eigenvalue weighted by Crippen LogP contribution is 2.09. The maximum atomic E-state index is 10.5. The van der Waals surface area contributed by atoms with E-state index in [2.05, 4.69) is 0 Å². The fraction of sp³-hybridized carbons (Fsp3) is 0.143. The Morgan fingerprint density at radius 2 is 2.27 bits per heavy atom. The summed E-state index contributed by atoms with van der Waals surface area (Å²) in [5.41, 5.74) is 0.462. The average Bonchev–Trinajstić information content (AvgIpc) is 2.05. The molecule has 0 spiro atoms. The van der Waals surface area contributed by atoms with Crippen molar-refractivity contribution in [3.63, 3.8) is 0 Å². The molecule has 0 saturated heterocycles. The minimum Gasteiger partial charge on any atom is -0.276 e. The van der Waals surface area contributed by atoms with Crippen LogP contribution in [0.3, 0.4) is 0 Å². The summed E-state index contributed by atoms with van der Waals surface area (Å²) in [6, 6.07) is 0. The van der Waals surface area contributed by atoms with Crippen LogP contribution < -0.4 is 0 Å². The second-order valence-electron chi connectivity index (χ2n) is 2.02. The first-order valence-corrected chi connectivity index (χ1v) is 4.09. The fourth-order valence-electron chi connectivity index (χ4n) is 0.737. The van der Waals surface area contributed by atoms with Crippen LogP contribution in [0.5, 0.6) is 0 Å². The van der Waals surface area contributed by atoms with E-state index in [-0.39, 0.29) is 0 Å².